The van der Waals surface area contributed by atoms with Crippen LogP contribution in [0.1, 0.15) is 0 Å². The molecule has 10 aromatic carbocycles. The quantitative estimate of drug-likeness (QED) is 0.160. The Bertz CT molecular complexity index is 4480. The number of hydrogen-bond acceptors (Lipinski definition) is 3. The lowest BCUT2D eigenvalue weighted by atomic mass is 10.0. The molecule has 0 aliphatic rings. The monoisotopic (exact) mass is 969 g/mol. The number of aromatic nitrogens is 7. The van der Waals surface area contributed by atoms with Crippen molar-refractivity contribution in [2.24, 2.45) is 0 Å². The van der Waals surface area contributed by atoms with Crippen LogP contribution in [0, 0.1) is 0 Å². The molecule has 0 saturated carbocycles. The summed E-state index contributed by atoms with van der Waals surface area (Å²) in [5, 5.41) is 9.05. The molecule has 0 aliphatic heterocycles. The van der Waals surface area contributed by atoms with Gasteiger partial charge in [-0.1, -0.05) is 206 Å². The zero-order chi connectivity index (χ0) is 49.8. The van der Waals surface area contributed by atoms with Gasteiger partial charge in [0.15, 0.2) is 17.5 Å². The lowest BCUT2D eigenvalue weighted by Gasteiger charge is -2.26. The zero-order valence-corrected chi connectivity index (χ0v) is 41.0. The Hall–Kier alpha value is -10.4. The van der Waals surface area contributed by atoms with Gasteiger partial charge in [-0.15, -0.1) is 0 Å². The van der Waals surface area contributed by atoms with Gasteiger partial charge in [-0.05, 0) is 54.6 Å². The third-order valence-corrected chi connectivity index (χ3v) is 15.4. The maximum Gasteiger partial charge on any atom is 0.165 e. The van der Waals surface area contributed by atoms with Crippen LogP contribution in [0.15, 0.2) is 261 Å². The fourth-order valence-corrected chi connectivity index (χ4v) is 12.2. The molecule has 7 nitrogen and oxygen atoms in total. The fourth-order valence-electron chi connectivity index (χ4n) is 12.2. The summed E-state index contributed by atoms with van der Waals surface area (Å²) in [6, 6.07) is 93.1. The highest BCUT2D eigenvalue weighted by Crippen LogP contribution is 2.48. The number of rotatable bonds is 7. The van der Waals surface area contributed by atoms with Gasteiger partial charge in [0.05, 0.1) is 61.1 Å². The van der Waals surface area contributed by atoms with E-state index in [1.807, 2.05) is 0 Å². The van der Waals surface area contributed by atoms with Crippen molar-refractivity contribution in [2.45, 2.75) is 0 Å². The molecule has 0 bridgehead atoms. The molecule has 0 spiro atoms. The normalized spacial score (nSPS) is 11.9. The fraction of sp³-hybridized carbons (Fsp3) is 0. The molecule has 0 unspecified atom stereocenters. The molecule has 76 heavy (non-hydrogen) atoms. The molecular weight excluding hydrogens is 927 g/mol. The smallest absolute Gasteiger partial charge is 0.165 e. The lowest BCUT2D eigenvalue weighted by Crippen LogP contribution is -2.17. The summed E-state index contributed by atoms with van der Waals surface area (Å²) in [5.41, 5.74) is 14.4. The molecule has 6 aromatic heterocycles. The Kier molecular flexibility index (Phi) is 9.20. The summed E-state index contributed by atoms with van der Waals surface area (Å²) >= 11 is 0. The first-order valence-corrected chi connectivity index (χ1v) is 25.8. The second-order valence-electron chi connectivity index (χ2n) is 19.5. The van der Waals surface area contributed by atoms with Crippen LogP contribution in [0.25, 0.3) is 144 Å². The highest BCUT2D eigenvalue weighted by atomic mass is 15.2. The van der Waals surface area contributed by atoms with Gasteiger partial charge in [-0.2, -0.15) is 0 Å². The second-order valence-corrected chi connectivity index (χ2v) is 19.5. The first kappa shape index (κ1) is 42.2. The maximum absolute atomic E-state index is 6.37. The van der Waals surface area contributed by atoms with Crippen LogP contribution in [0.5, 0.6) is 0 Å². The van der Waals surface area contributed by atoms with E-state index in [0.717, 1.165) is 138 Å². The van der Waals surface area contributed by atoms with Crippen molar-refractivity contribution >= 4 is 87.2 Å². The predicted octanol–water partition coefficient (Wildman–Crippen LogP) is 17.3. The SMILES string of the molecule is c1ccc(-c2cc(-c3ccccc3)nc(-c3c(-n4c5ccccc5c5ccccc54)c(-n4c5ccccc5c5ccccc54)nc(-n4c5ccccc5c5ccccc54)c3-n3c4ccccc4c4ccccc43)n2)cc1. The van der Waals surface area contributed by atoms with Crippen molar-refractivity contribution in [3.05, 3.63) is 261 Å². The average molecular weight is 970 g/mol. The lowest BCUT2D eigenvalue weighted by molar-refractivity contribution is 0.955. The van der Waals surface area contributed by atoms with E-state index >= 15 is 0 Å². The van der Waals surface area contributed by atoms with Crippen LogP contribution >= 0.6 is 0 Å². The zero-order valence-electron chi connectivity index (χ0n) is 41.0. The molecule has 16 rings (SSSR count). The number of pyridine rings is 1. The highest BCUT2D eigenvalue weighted by molar-refractivity contribution is 6.15. The van der Waals surface area contributed by atoms with Gasteiger partial charge in [0.25, 0.3) is 0 Å². The minimum absolute atomic E-state index is 0.556. The van der Waals surface area contributed by atoms with Crippen molar-refractivity contribution in [2.75, 3.05) is 0 Å². The average Bonchev–Trinajstić information content (AvgIpc) is 4.25. The Morgan fingerprint density at radius 1 is 0.224 bits per heavy atom. The minimum Gasteiger partial charge on any atom is -0.305 e. The van der Waals surface area contributed by atoms with Crippen LogP contribution in [0.4, 0.5) is 0 Å². The molecule has 7 heteroatoms. The van der Waals surface area contributed by atoms with Crippen molar-refractivity contribution in [1.82, 2.24) is 33.2 Å². The van der Waals surface area contributed by atoms with Crippen molar-refractivity contribution in [3.8, 4) is 56.9 Å². The largest absolute Gasteiger partial charge is 0.305 e. The molecule has 0 aliphatic carbocycles. The molecular formula is C69H43N7. The van der Waals surface area contributed by atoms with Crippen LogP contribution in [0.2, 0.25) is 0 Å². The number of fused-ring (bicyclic) bond motifs is 12. The van der Waals surface area contributed by atoms with Crippen LogP contribution in [0.3, 0.4) is 0 Å². The Morgan fingerprint density at radius 3 is 0.737 bits per heavy atom. The minimum atomic E-state index is 0.556. The van der Waals surface area contributed by atoms with Crippen LogP contribution < -0.4 is 0 Å². The van der Waals surface area contributed by atoms with Gasteiger partial charge in [-0.3, -0.25) is 9.13 Å². The van der Waals surface area contributed by atoms with E-state index in [1.54, 1.807) is 0 Å². The van der Waals surface area contributed by atoms with Gasteiger partial charge in [0.2, 0.25) is 0 Å². The standard InChI is InChI=1S/C69H43N7/c1-3-23-44(24-4-1)54-43-55(45-25-5-2-6-26-45)71-67(70-54)64-65(73-56-35-15-7-27-46(56)47-28-8-16-36-57(47)73)68(75-60-39-19-11-31-50(60)51-32-12-20-40-61(51)75)72-69(76-62-41-21-13-33-52(62)53-34-14-22-42-63(53)76)66(64)74-58-37-17-9-29-48(58)49-30-10-18-38-59(49)74/h1-43H. The van der Waals surface area contributed by atoms with E-state index in [1.165, 1.54) is 0 Å². The third kappa shape index (κ3) is 6.14. The second kappa shape index (κ2) is 16.6. The van der Waals surface area contributed by atoms with Crippen molar-refractivity contribution in [3.63, 3.8) is 0 Å². The summed E-state index contributed by atoms with van der Waals surface area (Å²) < 4.78 is 9.66. The summed E-state index contributed by atoms with van der Waals surface area (Å²) in [4.78, 5) is 18.1. The van der Waals surface area contributed by atoms with Crippen LogP contribution in [-0.2, 0) is 0 Å². The number of nitrogens with zero attached hydrogens (tertiary/aromatic N) is 7. The number of hydrogen-bond donors (Lipinski definition) is 0. The van der Waals surface area contributed by atoms with E-state index in [4.69, 9.17) is 15.0 Å². The van der Waals surface area contributed by atoms with Crippen molar-refractivity contribution < 1.29 is 0 Å². The molecule has 0 N–H and O–H groups in total. The Labute approximate surface area is 436 Å². The van der Waals surface area contributed by atoms with Gasteiger partial charge in [-0.25, -0.2) is 15.0 Å². The molecule has 0 atom stereocenters. The molecule has 6 heterocycles. The van der Waals surface area contributed by atoms with Crippen LogP contribution in [-0.4, -0.2) is 33.2 Å². The maximum atomic E-state index is 6.37. The topological polar surface area (TPSA) is 58.4 Å². The summed E-state index contributed by atoms with van der Waals surface area (Å²) in [5.74, 6) is 2.02. The van der Waals surface area contributed by atoms with Crippen molar-refractivity contribution in [1.29, 1.82) is 0 Å². The first-order valence-electron chi connectivity index (χ1n) is 25.8. The molecule has 354 valence electrons. The number of benzene rings is 10. The summed E-state index contributed by atoms with van der Waals surface area (Å²) in [6.07, 6.45) is 0. The van der Waals surface area contributed by atoms with E-state index in [-0.39, 0.29) is 0 Å². The third-order valence-electron chi connectivity index (χ3n) is 15.4. The van der Waals surface area contributed by atoms with Gasteiger partial charge in [0.1, 0.15) is 11.4 Å². The van der Waals surface area contributed by atoms with E-state index in [9.17, 15) is 0 Å². The molecule has 16 aromatic rings. The molecule has 0 fully saturated rings. The molecule has 0 saturated heterocycles. The first-order chi connectivity index (χ1) is 37.8. The number of para-hydroxylation sites is 8. The van der Waals surface area contributed by atoms with Gasteiger partial charge >= 0.3 is 0 Å². The highest BCUT2D eigenvalue weighted by Gasteiger charge is 2.34. The molecule has 0 radical (unpaired) electrons. The Balaban J connectivity index is 1.24. The predicted molar refractivity (Wildman–Crippen MR) is 313 cm³/mol. The molecule has 0 amide bonds. The van der Waals surface area contributed by atoms with Gasteiger partial charge in [0, 0.05) is 54.2 Å². The van der Waals surface area contributed by atoms with E-state index < -0.39 is 0 Å². The van der Waals surface area contributed by atoms with Gasteiger partial charge < -0.3 is 9.13 Å². The van der Waals surface area contributed by atoms with E-state index in [0.29, 0.717) is 5.82 Å². The summed E-state index contributed by atoms with van der Waals surface area (Å²) in [6.45, 7) is 0. The Morgan fingerprint density at radius 2 is 0.461 bits per heavy atom. The summed E-state index contributed by atoms with van der Waals surface area (Å²) in [7, 11) is 0. The van der Waals surface area contributed by atoms with E-state index in [2.05, 4.69) is 279 Å².